The van der Waals surface area contributed by atoms with Crippen LogP contribution in [0, 0.1) is 10.1 Å². The molecule has 0 bridgehead atoms. The van der Waals surface area contributed by atoms with Gasteiger partial charge < -0.3 is 9.47 Å². The minimum Gasteiger partial charge on any atom is -0.497 e. The molecule has 0 radical (unpaired) electrons. The van der Waals surface area contributed by atoms with Gasteiger partial charge in [0.2, 0.25) is 6.54 Å². The molecule has 1 rings (SSSR count). The van der Waals surface area contributed by atoms with Gasteiger partial charge in [0.15, 0.2) is 0 Å². The highest BCUT2D eigenvalue weighted by atomic mass is 32.2. The first-order valence-electron chi connectivity index (χ1n) is 6.09. The van der Waals surface area contributed by atoms with Gasteiger partial charge in [-0.1, -0.05) is 12.1 Å². The van der Waals surface area contributed by atoms with Gasteiger partial charge >= 0.3 is 5.97 Å². The maximum Gasteiger partial charge on any atom is 0.315 e. The summed E-state index contributed by atoms with van der Waals surface area (Å²) < 4.78 is 9.87. The number of nitrogens with zero attached hydrogens (tertiary/aromatic N) is 1. The molecule has 1 aromatic carbocycles. The predicted octanol–water partition coefficient (Wildman–Crippen LogP) is 2.31. The SMILES string of the molecule is CCOC(=O)CSC(C[N+](=O)[O-])c1ccc(OC)cc1. The molecule has 0 spiro atoms. The van der Waals surface area contributed by atoms with E-state index in [2.05, 4.69) is 0 Å². The second-order valence-electron chi connectivity index (χ2n) is 3.89. The van der Waals surface area contributed by atoms with Crippen molar-refractivity contribution >= 4 is 17.7 Å². The molecule has 0 N–H and O–H groups in total. The molecule has 1 atom stereocenters. The lowest BCUT2D eigenvalue weighted by atomic mass is 10.1. The van der Waals surface area contributed by atoms with E-state index in [4.69, 9.17) is 9.47 Å². The van der Waals surface area contributed by atoms with Crippen LogP contribution in [0.1, 0.15) is 17.7 Å². The van der Waals surface area contributed by atoms with Gasteiger partial charge in [0.1, 0.15) is 5.75 Å². The fourth-order valence-electron chi connectivity index (χ4n) is 1.58. The Bertz CT molecular complexity index is 449. The van der Waals surface area contributed by atoms with E-state index in [0.29, 0.717) is 12.4 Å². The quantitative estimate of drug-likeness (QED) is 0.416. The van der Waals surface area contributed by atoms with Crippen LogP contribution in [-0.2, 0) is 9.53 Å². The number of benzene rings is 1. The monoisotopic (exact) mass is 299 g/mol. The van der Waals surface area contributed by atoms with Crippen LogP contribution in [-0.4, -0.2) is 36.9 Å². The molecule has 0 aliphatic heterocycles. The van der Waals surface area contributed by atoms with Gasteiger partial charge in [0, 0.05) is 4.92 Å². The van der Waals surface area contributed by atoms with E-state index in [9.17, 15) is 14.9 Å². The van der Waals surface area contributed by atoms with Crippen LogP contribution in [0.25, 0.3) is 0 Å². The van der Waals surface area contributed by atoms with Crippen LogP contribution < -0.4 is 4.74 Å². The van der Waals surface area contributed by atoms with Crippen molar-refractivity contribution in [2.75, 3.05) is 26.0 Å². The van der Waals surface area contributed by atoms with E-state index in [-0.39, 0.29) is 28.4 Å². The highest BCUT2D eigenvalue weighted by molar-refractivity contribution is 8.00. The highest BCUT2D eigenvalue weighted by Gasteiger charge is 2.20. The Morgan fingerprint density at radius 3 is 2.55 bits per heavy atom. The van der Waals surface area contributed by atoms with Gasteiger partial charge in [-0.3, -0.25) is 14.9 Å². The molecule has 0 saturated heterocycles. The van der Waals surface area contributed by atoms with Crippen molar-refractivity contribution in [1.29, 1.82) is 0 Å². The summed E-state index contributed by atoms with van der Waals surface area (Å²) in [6, 6.07) is 7.02. The van der Waals surface area contributed by atoms with Crippen molar-refractivity contribution in [3.63, 3.8) is 0 Å². The summed E-state index contributed by atoms with van der Waals surface area (Å²) in [5.74, 6) is 0.418. The Kier molecular flexibility index (Phi) is 6.86. The molecular formula is C13H17NO5S. The van der Waals surface area contributed by atoms with Gasteiger partial charge in [-0.05, 0) is 24.6 Å². The largest absolute Gasteiger partial charge is 0.497 e. The zero-order valence-electron chi connectivity index (χ0n) is 11.4. The van der Waals surface area contributed by atoms with Crippen molar-refractivity contribution in [1.82, 2.24) is 0 Å². The molecule has 0 fully saturated rings. The molecule has 20 heavy (non-hydrogen) atoms. The Hall–Kier alpha value is -1.76. The minimum atomic E-state index is -0.389. The molecule has 1 unspecified atom stereocenters. The standard InChI is InChI=1S/C13H17NO5S/c1-3-19-13(15)9-20-12(8-14(16)17)10-4-6-11(18-2)7-5-10/h4-7,12H,3,8-9H2,1-2H3. The minimum absolute atomic E-state index is 0.0956. The van der Waals surface area contributed by atoms with Gasteiger partial charge in [0.25, 0.3) is 0 Å². The smallest absolute Gasteiger partial charge is 0.315 e. The normalized spacial score (nSPS) is 11.7. The van der Waals surface area contributed by atoms with Gasteiger partial charge in [0.05, 0.1) is 24.7 Å². The first kappa shape index (κ1) is 16.3. The second-order valence-corrected chi connectivity index (χ2v) is 5.08. The molecule has 6 nitrogen and oxygen atoms in total. The third kappa shape index (κ3) is 5.48. The highest BCUT2D eigenvalue weighted by Crippen LogP contribution is 2.30. The molecule has 0 aliphatic rings. The first-order chi connectivity index (χ1) is 9.56. The number of carbonyl (C=O) groups is 1. The molecule has 0 saturated carbocycles. The molecule has 110 valence electrons. The number of ether oxygens (including phenoxy) is 2. The van der Waals surface area contributed by atoms with Gasteiger partial charge in [-0.15, -0.1) is 11.8 Å². The van der Waals surface area contributed by atoms with Crippen molar-refractivity contribution in [3.8, 4) is 5.75 Å². The van der Waals surface area contributed by atoms with E-state index in [0.717, 1.165) is 5.56 Å². The average Bonchev–Trinajstić information content (AvgIpc) is 2.43. The Balaban J connectivity index is 2.71. The molecule has 0 aliphatic carbocycles. The van der Waals surface area contributed by atoms with E-state index in [1.165, 1.54) is 11.8 Å². The Morgan fingerprint density at radius 2 is 2.05 bits per heavy atom. The predicted molar refractivity (Wildman–Crippen MR) is 76.7 cm³/mol. The van der Waals surface area contributed by atoms with Crippen LogP contribution in [0.5, 0.6) is 5.75 Å². The van der Waals surface area contributed by atoms with E-state index in [1.54, 1.807) is 38.3 Å². The molecule has 0 heterocycles. The molecular weight excluding hydrogens is 282 g/mol. The number of rotatable bonds is 8. The van der Waals surface area contributed by atoms with Gasteiger partial charge in [-0.25, -0.2) is 0 Å². The molecule has 0 aromatic heterocycles. The first-order valence-corrected chi connectivity index (χ1v) is 7.14. The van der Waals surface area contributed by atoms with E-state index < -0.39 is 0 Å². The van der Waals surface area contributed by atoms with Crippen LogP contribution in [0.2, 0.25) is 0 Å². The van der Waals surface area contributed by atoms with Gasteiger partial charge in [-0.2, -0.15) is 0 Å². The maximum absolute atomic E-state index is 11.3. The van der Waals surface area contributed by atoms with Crippen LogP contribution in [0.4, 0.5) is 0 Å². The fourth-order valence-corrected chi connectivity index (χ4v) is 2.58. The topological polar surface area (TPSA) is 78.7 Å². The zero-order valence-corrected chi connectivity index (χ0v) is 12.2. The van der Waals surface area contributed by atoms with Crippen LogP contribution >= 0.6 is 11.8 Å². The molecule has 7 heteroatoms. The Morgan fingerprint density at radius 1 is 1.40 bits per heavy atom. The van der Waals surface area contributed by atoms with Crippen LogP contribution in [0.3, 0.4) is 0 Å². The summed E-state index contributed by atoms with van der Waals surface area (Å²) in [7, 11) is 1.55. The molecule has 0 amide bonds. The number of thioether (sulfide) groups is 1. The molecule has 1 aromatic rings. The van der Waals surface area contributed by atoms with Crippen molar-refractivity contribution in [2.45, 2.75) is 12.2 Å². The lowest BCUT2D eigenvalue weighted by Gasteiger charge is -2.13. The van der Waals surface area contributed by atoms with Crippen molar-refractivity contribution in [3.05, 3.63) is 39.9 Å². The summed E-state index contributed by atoms with van der Waals surface area (Å²) in [4.78, 5) is 21.7. The number of esters is 1. The number of methoxy groups -OCH3 is 1. The van der Waals surface area contributed by atoms with E-state index >= 15 is 0 Å². The van der Waals surface area contributed by atoms with Crippen molar-refractivity contribution in [2.24, 2.45) is 0 Å². The van der Waals surface area contributed by atoms with Crippen LogP contribution in [0.15, 0.2) is 24.3 Å². The lowest BCUT2D eigenvalue weighted by molar-refractivity contribution is -0.479. The fraction of sp³-hybridized carbons (Fsp3) is 0.462. The number of hydrogen-bond donors (Lipinski definition) is 0. The zero-order chi connectivity index (χ0) is 15.0. The lowest BCUT2D eigenvalue weighted by Crippen LogP contribution is -2.14. The second kappa shape index (κ2) is 8.42. The summed E-state index contributed by atoms with van der Waals surface area (Å²) in [5.41, 5.74) is 0.789. The third-order valence-electron chi connectivity index (χ3n) is 2.51. The summed E-state index contributed by atoms with van der Waals surface area (Å²) in [6.45, 7) is 1.79. The summed E-state index contributed by atoms with van der Waals surface area (Å²) >= 11 is 1.21. The number of nitro groups is 1. The number of carbonyl (C=O) groups excluding carboxylic acids is 1. The van der Waals surface area contributed by atoms with E-state index in [1.807, 2.05) is 0 Å². The third-order valence-corrected chi connectivity index (χ3v) is 3.74. The maximum atomic E-state index is 11.3. The number of hydrogen-bond acceptors (Lipinski definition) is 6. The van der Waals surface area contributed by atoms with Crippen molar-refractivity contribution < 1.29 is 19.2 Å². The Labute approximate surface area is 121 Å². The summed E-state index contributed by atoms with van der Waals surface area (Å²) in [6.07, 6.45) is 0. The summed E-state index contributed by atoms with van der Waals surface area (Å²) in [5, 5.41) is 10.3. The average molecular weight is 299 g/mol.